The van der Waals surface area contributed by atoms with Gasteiger partial charge in [0, 0.05) is 23.0 Å². The van der Waals surface area contributed by atoms with Crippen molar-refractivity contribution in [3.63, 3.8) is 0 Å². The fourth-order valence-corrected chi connectivity index (χ4v) is 3.87. The fraction of sp³-hybridized carbons (Fsp3) is 0.136. The number of halogens is 1. The summed E-state index contributed by atoms with van der Waals surface area (Å²) in [5.41, 5.74) is 0.556. The monoisotopic (exact) mass is 467 g/mol. The zero-order valence-electron chi connectivity index (χ0n) is 17.4. The first kappa shape index (κ1) is 22.2. The van der Waals surface area contributed by atoms with E-state index in [-0.39, 0.29) is 24.6 Å². The van der Waals surface area contributed by atoms with E-state index in [4.69, 9.17) is 4.74 Å². The van der Waals surface area contributed by atoms with Crippen LogP contribution in [0.5, 0.6) is 0 Å². The molecule has 2 heterocycles. The smallest absolute Gasteiger partial charge is 0.350 e. The standard InChI is InChI=1S/C22H18FN5O4S/c1-2-32-21(30)14-6-8-16(9-7-14)25-18(29)13-28-22(31)27-11-10-24-20(19(27)26-28)33-17-5-3-4-15(23)12-17/h3-12H,2,13H2,1H3,(H,25,29). The van der Waals surface area contributed by atoms with Gasteiger partial charge >= 0.3 is 11.7 Å². The minimum atomic E-state index is -0.513. The van der Waals surface area contributed by atoms with E-state index in [2.05, 4.69) is 15.4 Å². The number of ether oxygens (including phenoxy) is 1. The summed E-state index contributed by atoms with van der Waals surface area (Å²) < 4.78 is 20.7. The zero-order valence-corrected chi connectivity index (χ0v) is 18.2. The number of nitrogens with zero attached hydrogens (tertiary/aromatic N) is 4. The van der Waals surface area contributed by atoms with Crippen LogP contribution in [-0.2, 0) is 16.1 Å². The minimum absolute atomic E-state index is 0.253. The number of rotatable bonds is 7. The highest BCUT2D eigenvalue weighted by Gasteiger charge is 2.15. The highest BCUT2D eigenvalue weighted by atomic mass is 32.2. The van der Waals surface area contributed by atoms with Crippen LogP contribution < -0.4 is 11.0 Å². The molecule has 0 aliphatic rings. The number of amides is 1. The van der Waals surface area contributed by atoms with E-state index in [0.29, 0.717) is 21.2 Å². The third kappa shape index (κ3) is 5.09. The number of carbonyl (C=O) groups excluding carboxylic acids is 2. The summed E-state index contributed by atoms with van der Waals surface area (Å²) >= 11 is 1.16. The highest BCUT2D eigenvalue weighted by molar-refractivity contribution is 7.99. The fourth-order valence-electron chi connectivity index (χ4n) is 2.98. The van der Waals surface area contributed by atoms with Crippen LogP contribution in [0.3, 0.4) is 0 Å². The van der Waals surface area contributed by atoms with E-state index < -0.39 is 17.6 Å². The molecule has 9 nitrogen and oxygen atoms in total. The lowest BCUT2D eigenvalue weighted by atomic mass is 10.2. The average Bonchev–Trinajstić information content (AvgIpc) is 3.11. The molecule has 0 saturated carbocycles. The second kappa shape index (κ2) is 9.65. The molecule has 2 aromatic heterocycles. The lowest BCUT2D eigenvalue weighted by molar-refractivity contribution is -0.117. The number of anilines is 1. The van der Waals surface area contributed by atoms with Gasteiger partial charge in [0.2, 0.25) is 5.91 Å². The first-order valence-electron chi connectivity index (χ1n) is 9.89. The first-order chi connectivity index (χ1) is 15.9. The average molecular weight is 467 g/mol. The van der Waals surface area contributed by atoms with Gasteiger partial charge < -0.3 is 10.1 Å². The SMILES string of the molecule is CCOC(=O)c1ccc(NC(=O)Cn2nc3c(Sc4cccc(F)c4)nccn3c2=O)cc1. The maximum Gasteiger partial charge on any atom is 0.350 e. The van der Waals surface area contributed by atoms with Crippen molar-refractivity contribution in [1.29, 1.82) is 0 Å². The van der Waals surface area contributed by atoms with Crippen molar-refractivity contribution in [2.24, 2.45) is 0 Å². The van der Waals surface area contributed by atoms with Crippen LogP contribution in [0.15, 0.2) is 75.6 Å². The summed E-state index contributed by atoms with van der Waals surface area (Å²) in [6.45, 7) is 1.65. The molecule has 0 aliphatic heterocycles. The lowest BCUT2D eigenvalue weighted by Gasteiger charge is -2.06. The Morgan fingerprint density at radius 2 is 1.97 bits per heavy atom. The van der Waals surface area contributed by atoms with Gasteiger partial charge in [-0.2, -0.15) is 0 Å². The van der Waals surface area contributed by atoms with Crippen LogP contribution in [0.4, 0.5) is 10.1 Å². The molecule has 4 aromatic rings. The van der Waals surface area contributed by atoms with E-state index in [1.807, 2.05) is 0 Å². The van der Waals surface area contributed by atoms with E-state index in [1.165, 1.54) is 41.1 Å². The topological polar surface area (TPSA) is 108 Å². The van der Waals surface area contributed by atoms with Gasteiger partial charge in [0.1, 0.15) is 17.4 Å². The van der Waals surface area contributed by atoms with Gasteiger partial charge in [-0.3, -0.25) is 4.79 Å². The van der Waals surface area contributed by atoms with E-state index in [1.54, 1.807) is 31.2 Å². The third-order valence-electron chi connectivity index (χ3n) is 4.45. The van der Waals surface area contributed by atoms with Crippen LogP contribution in [0.25, 0.3) is 5.65 Å². The second-order valence-electron chi connectivity index (χ2n) is 6.77. The van der Waals surface area contributed by atoms with Crippen molar-refractivity contribution < 1.29 is 18.7 Å². The summed E-state index contributed by atoms with van der Waals surface area (Å²) in [5.74, 6) is -1.31. The Morgan fingerprint density at radius 1 is 1.18 bits per heavy atom. The van der Waals surface area contributed by atoms with Crippen molar-refractivity contribution in [2.75, 3.05) is 11.9 Å². The molecule has 0 bridgehead atoms. The molecule has 11 heteroatoms. The number of hydrogen-bond donors (Lipinski definition) is 1. The maximum absolute atomic E-state index is 13.5. The second-order valence-corrected chi connectivity index (χ2v) is 7.83. The molecule has 33 heavy (non-hydrogen) atoms. The molecule has 4 rings (SSSR count). The van der Waals surface area contributed by atoms with Crippen LogP contribution in [0.1, 0.15) is 17.3 Å². The molecule has 168 valence electrons. The van der Waals surface area contributed by atoms with Crippen molar-refractivity contribution >= 4 is 35.0 Å². The van der Waals surface area contributed by atoms with Crippen molar-refractivity contribution in [3.05, 3.63) is 82.8 Å². The number of benzene rings is 2. The Hall–Kier alpha value is -3.99. The van der Waals surface area contributed by atoms with E-state index >= 15 is 0 Å². The number of esters is 1. The summed E-state index contributed by atoms with van der Waals surface area (Å²) in [5, 5.41) is 7.29. The van der Waals surface area contributed by atoms with Crippen LogP contribution in [0, 0.1) is 5.82 Å². The van der Waals surface area contributed by atoms with Crippen molar-refractivity contribution in [1.82, 2.24) is 19.2 Å². The quantitative estimate of drug-likeness (QED) is 0.416. The largest absolute Gasteiger partial charge is 0.462 e. The summed E-state index contributed by atoms with van der Waals surface area (Å²) in [6, 6.07) is 12.2. The Labute approximate surface area is 191 Å². The van der Waals surface area contributed by atoms with Crippen LogP contribution in [0.2, 0.25) is 0 Å². The Morgan fingerprint density at radius 3 is 2.70 bits per heavy atom. The normalized spacial score (nSPS) is 10.8. The number of fused-ring (bicyclic) bond motifs is 1. The van der Waals surface area contributed by atoms with Gasteiger partial charge in [-0.05, 0) is 49.4 Å². The van der Waals surface area contributed by atoms with Crippen LogP contribution >= 0.6 is 11.8 Å². The van der Waals surface area contributed by atoms with Crippen molar-refractivity contribution in [2.45, 2.75) is 23.4 Å². The molecule has 0 fully saturated rings. The molecular weight excluding hydrogens is 449 g/mol. The molecule has 1 amide bonds. The number of hydrogen-bond acceptors (Lipinski definition) is 7. The van der Waals surface area contributed by atoms with Gasteiger partial charge in [0.25, 0.3) is 0 Å². The molecule has 0 aliphatic carbocycles. The summed E-state index contributed by atoms with van der Waals surface area (Å²) in [6.07, 6.45) is 2.88. The van der Waals surface area contributed by atoms with E-state index in [9.17, 15) is 18.8 Å². The number of carbonyl (C=O) groups is 2. The molecular formula is C22H18FN5O4S. The number of aromatic nitrogens is 4. The van der Waals surface area contributed by atoms with Crippen molar-refractivity contribution in [3.8, 4) is 0 Å². The molecule has 0 atom stereocenters. The molecule has 0 saturated heterocycles. The molecule has 0 radical (unpaired) electrons. The zero-order chi connectivity index (χ0) is 23.4. The predicted octanol–water partition coefficient (Wildman–Crippen LogP) is 3.00. The summed E-state index contributed by atoms with van der Waals surface area (Å²) in [7, 11) is 0. The molecule has 0 spiro atoms. The molecule has 0 unspecified atom stereocenters. The Kier molecular flexibility index (Phi) is 6.50. The Bertz CT molecular complexity index is 1380. The van der Waals surface area contributed by atoms with Crippen LogP contribution in [-0.4, -0.2) is 37.6 Å². The summed E-state index contributed by atoms with van der Waals surface area (Å²) in [4.78, 5) is 41.7. The molecule has 1 N–H and O–H groups in total. The first-order valence-corrected chi connectivity index (χ1v) is 10.7. The van der Waals surface area contributed by atoms with Gasteiger partial charge in [-0.25, -0.2) is 28.0 Å². The predicted molar refractivity (Wildman–Crippen MR) is 119 cm³/mol. The van der Waals surface area contributed by atoms with E-state index in [0.717, 1.165) is 16.4 Å². The number of nitrogens with one attached hydrogen (secondary N) is 1. The van der Waals surface area contributed by atoms with Gasteiger partial charge in [0.05, 0.1) is 12.2 Å². The third-order valence-corrected chi connectivity index (χ3v) is 5.42. The highest BCUT2D eigenvalue weighted by Crippen LogP contribution is 2.28. The van der Waals surface area contributed by atoms with Gasteiger partial charge in [-0.15, -0.1) is 5.10 Å². The minimum Gasteiger partial charge on any atom is -0.462 e. The van der Waals surface area contributed by atoms with Gasteiger partial charge in [-0.1, -0.05) is 17.8 Å². The maximum atomic E-state index is 13.5. The Balaban J connectivity index is 1.50. The lowest BCUT2D eigenvalue weighted by Crippen LogP contribution is -2.28. The molecule has 2 aromatic carbocycles. The van der Waals surface area contributed by atoms with Gasteiger partial charge in [0.15, 0.2) is 5.65 Å².